The number of halogens is 3. The Morgan fingerprint density at radius 1 is 0.810 bits per heavy atom. The van der Waals surface area contributed by atoms with Gasteiger partial charge in [0, 0.05) is 32.4 Å². The molecule has 0 unspecified atom stereocenters. The lowest BCUT2D eigenvalue weighted by atomic mass is 9.49. The highest BCUT2D eigenvalue weighted by Gasteiger charge is 2.70. The quantitative estimate of drug-likeness (QED) is 0.104. The molecule has 3 N–H and O–H groups in total. The topological polar surface area (TPSA) is 128 Å². The molecule has 1 saturated carbocycles. The lowest BCUT2D eigenvalue weighted by Crippen LogP contribution is -2.53. The summed E-state index contributed by atoms with van der Waals surface area (Å²) in [6.07, 6.45) is 2.25. The summed E-state index contributed by atoms with van der Waals surface area (Å²) < 4.78 is 6.12. The molecule has 13 heteroatoms. The summed E-state index contributed by atoms with van der Waals surface area (Å²) in [4.78, 5) is 60.8. The first-order chi connectivity index (χ1) is 28.0. The first-order valence-electron chi connectivity index (χ1n) is 18.7. The van der Waals surface area contributed by atoms with Crippen molar-refractivity contribution in [3.63, 3.8) is 0 Å². The fourth-order valence-corrected chi connectivity index (χ4v) is 10.4. The van der Waals surface area contributed by atoms with Crippen LogP contribution < -0.4 is 20.4 Å². The number of rotatable bonds is 8. The number of hydrazine groups is 1. The van der Waals surface area contributed by atoms with Crippen LogP contribution in [0.25, 0.3) is 0 Å². The molecule has 2 aliphatic carbocycles. The molecule has 0 radical (unpaired) electrons. The van der Waals surface area contributed by atoms with Crippen molar-refractivity contribution >= 4 is 85.5 Å². The highest BCUT2D eigenvalue weighted by atomic mass is 79.9. The van der Waals surface area contributed by atoms with Gasteiger partial charge in [0.25, 0.3) is 11.8 Å². The van der Waals surface area contributed by atoms with Gasteiger partial charge in [0.15, 0.2) is 0 Å². The number of allylic oxidation sites excluding steroid dienone is 2. The molecule has 0 aromatic heterocycles. The van der Waals surface area contributed by atoms with E-state index in [2.05, 4.69) is 26.7 Å². The molecule has 4 aliphatic rings. The van der Waals surface area contributed by atoms with E-state index in [1.54, 1.807) is 66.7 Å². The number of aromatic hydroxyl groups is 1. The first-order valence-corrected chi connectivity index (χ1v) is 20.3. The Morgan fingerprint density at radius 3 is 2.24 bits per heavy atom. The van der Waals surface area contributed by atoms with Crippen molar-refractivity contribution in [1.29, 1.82) is 0 Å². The Balaban J connectivity index is 1.17. The van der Waals surface area contributed by atoms with E-state index >= 15 is 9.59 Å². The second-order valence-corrected chi connectivity index (χ2v) is 16.7. The summed E-state index contributed by atoms with van der Waals surface area (Å²) in [5, 5.41) is 16.6. The minimum atomic E-state index is -1.62. The first kappa shape index (κ1) is 37.9. The third kappa shape index (κ3) is 5.98. The van der Waals surface area contributed by atoms with Gasteiger partial charge in [-0.05, 0) is 109 Å². The number of imide groups is 2. The zero-order chi connectivity index (χ0) is 40.5. The van der Waals surface area contributed by atoms with Gasteiger partial charge in [0.1, 0.15) is 11.5 Å². The maximum Gasteiger partial charge on any atom is 0.260 e. The number of nitrogens with zero attached hydrogens (tertiary/aromatic N) is 2. The molecule has 5 aromatic carbocycles. The summed E-state index contributed by atoms with van der Waals surface area (Å²) in [5.74, 6) is -5.47. The molecule has 0 spiro atoms. The number of amides is 4. The molecule has 292 valence electrons. The molecule has 4 amide bonds. The Labute approximate surface area is 352 Å². The Hall–Kier alpha value is -5.62. The Bertz CT molecular complexity index is 2540. The van der Waals surface area contributed by atoms with Crippen molar-refractivity contribution in [2.75, 3.05) is 22.8 Å². The molecule has 9 rings (SSSR count). The maximum atomic E-state index is 15.5. The molecule has 2 saturated heterocycles. The fourth-order valence-electron chi connectivity index (χ4n) is 9.58. The lowest BCUT2D eigenvalue weighted by molar-refractivity contribution is -0.138. The van der Waals surface area contributed by atoms with Gasteiger partial charge in [-0.3, -0.25) is 29.5 Å². The van der Waals surface area contributed by atoms with Crippen LogP contribution in [-0.4, -0.2) is 40.9 Å². The number of hydrogen-bond donors (Lipinski definition) is 3. The average molecular weight is 879 g/mol. The van der Waals surface area contributed by atoms with Crippen LogP contribution in [0.3, 0.4) is 0 Å². The Kier molecular flexibility index (Phi) is 9.57. The summed E-state index contributed by atoms with van der Waals surface area (Å²) >= 11 is 16.3. The lowest BCUT2D eigenvalue weighted by Gasteiger charge is -2.50. The summed E-state index contributed by atoms with van der Waals surface area (Å²) in [7, 11) is 1.54. The summed E-state index contributed by atoms with van der Waals surface area (Å²) in [5.41, 5.74) is 5.41. The van der Waals surface area contributed by atoms with E-state index in [9.17, 15) is 14.7 Å². The van der Waals surface area contributed by atoms with Gasteiger partial charge in [-0.25, -0.2) is 0 Å². The van der Waals surface area contributed by atoms with Crippen molar-refractivity contribution < 1.29 is 29.0 Å². The molecule has 6 atom stereocenters. The number of phenolic OH excluding ortho intramolecular Hbond substituents is 1. The van der Waals surface area contributed by atoms with Crippen molar-refractivity contribution in [3.05, 3.63) is 153 Å². The second-order valence-electron chi connectivity index (χ2n) is 15.0. The molecule has 5 aromatic rings. The Morgan fingerprint density at radius 2 is 1.53 bits per heavy atom. The second kappa shape index (κ2) is 14.6. The van der Waals surface area contributed by atoms with E-state index in [-0.39, 0.29) is 41.1 Å². The fraction of sp³-hybridized carbons (Fsp3) is 0.200. The predicted molar refractivity (Wildman–Crippen MR) is 225 cm³/mol. The maximum absolute atomic E-state index is 15.5. The molecule has 58 heavy (non-hydrogen) atoms. The van der Waals surface area contributed by atoms with Crippen LogP contribution in [0.15, 0.2) is 131 Å². The third-order valence-corrected chi connectivity index (χ3v) is 13.1. The zero-order valence-corrected chi connectivity index (χ0v) is 34.0. The van der Waals surface area contributed by atoms with Gasteiger partial charge in [0.05, 0.1) is 46.7 Å². The number of anilines is 4. The zero-order valence-electron chi connectivity index (χ0n) is 30.9. The molecule has 3 fully saturated rings. The number of carbonyl (C=O) groups excluding carboxylic acids is 4. The predicted octanol–water partition coefficient (Wildman–Crippen LogP) is 9.40. The number of ether oxygens (including phenoxy) is 1. The summed E-state index contributed by atoms with van der Waals surface area (Å²) in [6.45, 7) is 0. The van der Waals surface area contributed by atoms with Gasteiger partial charge in [-0.1, -0.05) is 81.1 Å². The van der Waals surface area contributed by atoms with Crippen LogP contribution >= 0.6 is 39.1 Å². The van der Waals surface area contributed by atoms with Crippen LogP contribution in [0.1, 0.15) is 29.9 Å². The van der Waals surface area contributed by atoms with Crippen LogP contribution in [0.4, 0.5) is 22.7 Å². The summed E-state index contributed by atoms with van der Waals surface area (Å²) in [6, 6.07) is 33.5. The minimum Gasteiger partial charge on any atom is -0.508 e. The molecule has 0 bridgehead atoms. The van der Waals surface area contributed by atoms with E-state index in [0.29, 0.717) is 37.6 Å². The van der Waals surface area contributed by atoms with Crippen LogP contribution in [0, 0.1) is 23.7 Å². The highest BCUT2D eigenvalue weighted by Crippen LogP contribution is 2.65. The number of carbonyl (C=O) groups is 4. The van der Waals surface area contributed by atoms with Gasteiger partial charge < -0.3 is 15.2 Å². The van der Waals surface area contributed by atoms with E-state index in [1.807, 2.05) is 48.5 Å². The number of benzene rings is 5. The monoisotopic (exact) mass is 876 g/mol. The largest absolute Gasteiger partial charge is 0.508 e. The number of methoxy groups -OCH3 is 1. The molecular formula is C45H35BrCl2N4O6. The van der Waals surface area contributed by atoms with Crippen molar-refractivity contribution in [2.24, 2.45) is 23.7 Å². The molecular weight excluding hydrogens is 843 g/mol. The number of hydrogen-bond acceptors (Lipinski definition) is 8. The highest BCUT2D eigenvalue weighted by molar-refractivity contribution is 9.10. The van der Waals surface area contributed by atoms with Gasteiger partial charge in [-0.2, -0.15) is 5.01 Å². The van der Waals surface area contributed by atoms with E-state index in [1.165, 1.54) is 18.1 Å². The van der Waals surface area contributed by atoms with Crippen molar-refractivity contribution in [1.82, 2.24) is 5.01 Å². The number of para-hydroxylation sites is 1. The van der Waals surface area contributed by atoms with E-state index in [0.717, 1.165) is 16.4 Å². The number of nitrogens with one attached hydrogen (secondary N) is 2. The van der Waals surface area contributed by atoms with Crippen LogP contribution in [0.2, 0.25) is 10.0 Å². The average Bonchev–Trinajstić information content (AvgIpc) is 3.61. The number of fused-ring (bicyclic) bond motifs is 4. The molecule has 2 aliphatic heterocycles. The van der Waals surface area contributed by atoms with Crippen molar-refractivity contribution in [2.45, 2.75) is 24.2 Å². The van der Waals surface area contributed by atoms with E-state index in [4.69, 9.17) is 27.9 Å². The van der Waals surface area contributed by atoms with Crippen LogP contribution in [0.5, 0.6) is 11.5 Å². The molecule has 2 heterocycles. The smallest absolute Gasteiger partial charge is 0.260 e. The van der Waals surface area contributed by atoms with Gasteiger partial charge in [-0.15, -0.1) is 0 Å². The van der Waals surface area contributed by atoms with Crippen LogP contribution in [-0.2, 0) is 24.6 Å². The minimum absolute atomic E-state index is 0.0776. The normalized spacial score (nSPS) is 24.9. The SMILES string of the molecule is COc1ccc([C@@]23C(=O)N(Nc4ccc(Cl)cc4Cl)C(=O)[C@@H]2C[C@@H]2C(=CC[C@@H]4C(=O)N(c5ccc(Nc6ccccc6)cc5)C(=O)[C@@H]42)[C@@H]3c2cc(Br)ccc2O)cc1. The third-order valence-electron chi connectivity index (χ3n) is 12.1. The van der Waals surface area contributed by atoms with Crippen molar-refractivity contribution in [3.8, 4) is 11.5 Å². The standard InChI is InChI=1S/C45H35BrCl2N4O6/c1-58-30-15-7-24(8-16-30)45-35(42(55)52(44(45)57)50-37-19-10-26(47)22-36(37)48)23-33-31(40(45)34-21-25(46)9-20-38(34)53)17-18-32-39(33)43(56)51(41(32)54)29-13-11-28(12-14-29)49-27-5-3-2-4-6-27/h2-17,19-22,32-33,35,39-40,49-50,53H,18,23H2,1H3/t32-,33+,35-,39-,40+,45+/m0/s1. The molecule has 10 nitrogen and oxygen atoms in total. The van der Waals surface area contributed by atoms with E-state index < -0.39 is 46.8 Å². The van der Waals surface area contributed by atoms with Gasteiger partial charge in [0.2, 0.25) is 11.8 Å². The van der Waals surface area contributed by atoms with Gasteiger partial charge >= 0.3 is 0 Å². The number of phenols is 1.